The SMILES string of the molecule is N#Cc1c(NS(=O)(=O)c2cccnc2)sc2c1CCNC2. The van der Waals surface area contributed by atoms with Gasteiger partial charge in [-0.15, -0.1) is 11.3 Å². The predicted octanol–water partition coefficient (Wildman–Crippen LogP) is 1.46. The summed E-state index contributed by atoms with van der Waals surface area (Å²) in [5.41, 5.74) is 1.38. The highest BCUT2D eigenvalue weighted by Gasteiger charge is 2.24. The standard InChI is InChI=1S/C13H12N4O2S2/c14-6-11-10-3-5-16-8-12(10)20-13(11)17-21(18,19)9-2-1-4-15-7-9/h1-2,4,7,16-17H,3,5,8H2. The molecule has 0 amide bonds. The third-order valence-corrected chi connectivity index (χ3v) is 5.82. The Morgan fingerprint density at radius 2 is 2.33 bits per heavy atom. The first-order chi connectivity index (χ1) is 10.1. The fourth-order valence-electron chi connectivity index (χ4n) is 2.21. The Labute approximate surface area is 126 Å². The van der Waals surface area contributed by atoms with Gasteiger partial charge in [0, 0.05) is 23.8 Å². The average Bonchev–Trinajstić information content (AvgIpc) is 2.84. The Balaban J connectivity index is 1.99. The van der Waals surface area contributed by atoms with Crippen molar-refractivity contribution in [2.45, 2.75) is 17.9 Å². The van der Waals surface area contributed by atoms with Crippen molar-refractivity contribution in [3.63, 3.8) is 0 Å². The molecule has 1 aliphatic heterocycles. The number of thiophene rings is 1. The van der Waals surface area contributed by atoms with E-state index in [0.717, 1.165) is 23.4 Å². The normalized spacial score (nSPS) is 14.2. The summed E-state index contributed by atoms with van der Waals surface area (Å²) in [4.78, 5) is 4.91. The second kappa shape index (κ2) is 5.44. The highest BCUT2D eigenvalue weighted by Crippen LogP contribution is 2.35. The maximum absolute atomic E-state index is 12.3. The molecule has 0 aliphatic carbocycles. The van der Waals surface area contributed by atoms with E-state index in [4.69, 9.17) is 0 Å². The molecule has 3 heterocycles. The minimum absolute atomic E-state index is 0.0818. The van der Waals surface area contributed by atoms with E-state index in [1.54, 1.807) is 6.07 Å². The molecule has 6 nitrogen and oxygen atoms in total. The quantitative estimate of drug-likeness (QED) is 0.893. The highest BCUT2D eigenvalue weighted by molar-refractivity contribution is 7.93. The van der Waals surface area contributed by atoms with Gasteiger partial charge in [0.25, 0.3) is 10.0 Å². The zero-order valence-corrected chi connectivity index (χ0v) is 12.6. The molecule has 21 heavy (non-hydrogen) atoms. The molecule has 1 aliphatic rings. The molecular formula is C13H12N4O2S2. The van der Waals surface area contributed by atoms with Crippen molar-refractivity contribution in [3.05, 3.63) is 40.5 Å². The lowest BCUT2D eigenvalue weighted by Gasteiger charge is -2.11. The molecule has 0 unspecified atom stereocenters. The first kappa shape index (κ1) is 14.0. The van der Waals surface area contributed by atoms with Crippen LogP contribution in [0.25, 0.3) is 0 Å². The van der Waals surface area contributed by atoms with Crippen LogP contribution in [0.1, 0.15) is 16.0 Å². The number of fused-ring (bicyclic) bond motifs is 1. The number of hydrogen-bond acceptors (Lipinski definition) is 6. The van der Waals surface area contributed by atoms with E-state index in [0.29, 0.717) is 17.1 Å². The number of nitrogens with zero attached hydrogens (tertiary/aromatic N) is 2. The lowest BCUT2D eigenvalue weighted by atomic mass is 10.1. The van der Waals surface area contributed by atoms with Gasteiger partial charge in [0.05, 0.1) is 5.56 Å². The molecule has 8 heteroatoms. The van der Waals surface area contributed by atoms with E-state index in [2.05, 4.69) is 21.1 Å². The summed E-state index contributed by atoms with van der Waals surface area (Å²) in [6, 6.07) is 5.15. The molecule has 0 saturated heterocycles. The van der Waals surface area contributed by atoms with Crippen LogP contribution < -0.4 is 10.0 Å². The van der Waals surface area contributed by atoms with E-state index in [-0.39, 0.29) is 4.90 Å². The maximum Gasteiger partial charge on any atom is 0.264 e. The van der Waals surface area contributed by atoms with E-state index >= 15 is 0 Å². The zero-order valence-electron chi connectivity index (χ0n) is 11.0. The van der Waals surface area contributed by atoms with E-state index in [1.807, 2.05) is 0 Å². The number of nitrogens with one attached hydrogen (secondary N) is 2. The molecule has 3 rings (SSSR count). The number of anilines is 1. The van der Waals surface area contributed by atoms with Crippen LogP contribution in [-0.4, -0.2) is 19.9 Å². The molecule has 0 bridgehead atoms. The van der Waals surface area contributed by atoms with Crippen molar-refractivity contribution in [1.82, 2.24) is 10.3 Å². The van der Waals surface area contributed by atoms with Gasteiger partial charge in [-0.25, -0.2) is 8.42 Å². The molecule has 0 fully saturated rings. The van der Waals surface area contributed by atoms with Gasteiger partial charge in [0.15, 0.2) is 0 Å². The van der Waals surface area contributed by atoms with E-state index < -0.39 is 10.0 Å². The number of rotatable bonds is 3. The van der Waals surface area contributed by atoms with Gasteiger partial charge in [-0.1, -0.05) is 0 Å². The Kier molecular flexibility index (Phi) is 3.63. The fourth-order valence-corrected chi connectivity index (χ4v) is 4.65. The number of hydrogen-bond donors (Lipinski definition) is 2. The first-order valence-electron chi connectivity index (χ1n) is 6.30. The lowest BCUT2D eigenvalue weighted by molar-refractivity contribution is 0.601. The minimum Gasteiger partial charge on any atom is -0.312 e. The van der Waals surface area contributed by atoms with Gasteiger partial charge in [0.2, 0.25) is 0 Å². The molecule has 108 valence electrons. The molecule has 0 atom stereocenters. The van der Waals surface area contributed by atoms with Gasteiger partial charge in [-0.2, -0.15) is 5.26 Å². The molecule has 0 radical (unpaired) electrons. The van der Waals surface area contributed by atoms with Crippen molar-refractivity contribution in [3.8, 4) is 6.07 Å². The largest absolute Gasteiger partial charge is 0.312 e. The van der Waals surface area contributed by atoms with Crippen molar-refractivity contribution in [2.24, 2.45) is 0 Å². The Bertz CT molecular complexity index is 807. The van der Waals surface area contributed by atoms with Crippen LogP contribution in [0.2, 0.25) is 0 Å². The summed E-state index contributed by atoms with van der Waals surface area (Å²) >= 11 is 1.31. The summed E-state index contributed by atoms with van der Waals surface area (Å²) in [5.74, 6) is 0. The van der Waals surface area contributed by atoms with Gasteiger partial charge in [0.1, 0.15) is 16.0 Å². The second-order valence-corrected chi connectivity index (χ2v) is 7.33. The minimum atomic E-state index is -3.72. The Morgan fingerprint density at radius 1 is 1.48 bits per heavy atom. The molecule has 0 saturated carbocycles. The van der Waals surface area contributed by atoms with Crippen molar-refractivity contribution >= 4 is 26.4 Å². The molecule has 2 aromatic rings. The molecule has 0 aromatic carbocycles. The van der Waals surface area contributed by atoms with Crippen LogP contribution in [0.15, 0.2) is 29.4 Å². The summed E-state index contributed by atoms with van der Waals surface area (Å²) < 4.78 is 27.1. The van der Waals surface area contributed by atoms with Crippen LogP contribution in [0, 0.1) is 11.3 Å². The average molecular weight is 320 g/mol. The highest BCUT2D eigenvalue weighted by atomic mass is 32.2. The van der Waals surface area contributed by atoms with Crippen LogP contribution in [0.5, 0.6) is 0 Å². The Morgan fingerprint density at radius 3 is 3.05 bits per heavy atom. The lowest BCUT2D eigenvalue weighted by Crippen LogP contribution is -2.22. The second-order valence-electron chi connectivity index (χ2n) is 4.54. The van der Waals surface area contributed by atoms with Crippen molar-refractivity contribution < 1.29 is 8.42 Å². The van der Waals surface area contributed by atoms with Gasteiger partial charge >= 0.3 is 0 Å². The molecule has 0 spiro atoms. The van der Waals surface area contributed by atoms with Crippen LogP contribution in [-0.2, 0) is 23.0 Å². The molecule has 2 N–H and O–H groups in total. The number of pyridine rings is 1. The van der Waals surface area contributed by atoms with Crippen LogP contribution >= 0.6 is 11.3 Å². The monoisotopic (exact) mass is 320 g/mol. The van der Waals surface area contributed by atoms with Crippen molar-refractivity contribution in [2.75, 3.05) is 11.3 Å². The third-order valence-electron chi connectivity index (χ3n) is 3.21. The topological polar surface area (TPSA) is 94.9 Å². The van der Waals surface area contributed by atoms with Crippen LogP contribution in [0.4, 0.5) is 5.00 Å². The maximum atomic E-state index is 12.3. The predicted molar refractivity (Wildman–Crippen MR) is 79.5 cm³/mol. The van der Waals surface area contributed by atoms with E-state index in [9.17, 15) is 13.7 Å². The number of nitriles is 1. The van der Waals surface area contributed by atoms with Gasteiger partial charge in [-0.05, 0) is 30.7 Å². The van der Waals surface area contributed by atoms with Gasteiger partial charge in [-0.3, -0.25) is 9.71 Å². The smallest absolute Gasteiger partial charge is 0.264 e. The zero-order chi connectivity index (χ0) is 14.9. The summed E-state index contributed by atoms with van der Waals surface area (Å²) in [6.45, 7) is 1.47. The summed E-state index contributed by atoms with van der Waals surface area (Å²) in [6.07, 6.45) is 3.53. The molecule has 2 aromatic heterocycles. The van der Waals surface area contributed by atoms with E-state index in [1.165, 1.54) is 29.8 Å². The van der Waals surface area contributed by atoms with Gasteiger partial charge < -0.3 is 5.32 Å². The summed E-state index contributed by atoms with van der Waals surface area (Å²) in [5, 5.41) is 12.9. The third kappa shape index (κ3) is 2.63. The number of sulfonamides is 1. The van der Waals surface area contributed by atoms with Crippen LogP contribution in [0.3, 0.4) is 0 Å². The Hall–Kier alpha value is -1.95. The van der Waals surface area contributed by atoms with Crippen molar-refractivity contribution in [1.29, 1.82) is 5.26 Å². The first-order valence-corrected chi connectivity index (χ1v) is 8.60. The fraction of sp³-hybridized carbons (Fsp3) is 0.231. The molecular weight excluding hydrogens is 308 g/mol. The number of aromatic nitrogens is 1. The summed E-state index contributed by atoms with van der Waals surface area (Å²) in [7, 11) is -3.72.